The van der Waals surface area contributed by atoms with Gasteiger partial charge >= 0.3 is 0 Å². The van der Waals surface area contributed by atoms with Crippen molar-refractivity contribution in [3.05, 3.63) is 35.9 Å². The highest BCUT2D eigenvalue weighted by Crippen LogP contribution is 2.47. The van der Waals surface area contributed by atoms with Crippen LogP contribution in [-0.2, 0) is 14.9 Å². The van der Waals surface area contributed by atoms with Gasteiger partial charge in [-0.15, -0.1) is 0 Å². The number of carbonyl (C=O) groups is 1. The van der Waals surface area contributed by atoms with Crippen LogP contribution >= 0.6 is 0 Å². The van der Waals surface area contributed by atoms with Crippen LogP contribution < -0.4 is 5.32 Å². The smallest absolute Gasteiger partial charge is 0.246 e. The van der Waals surface area contributed by atoms with E-state index in [-0.39, 0.29) is 17.9 Å². The molecule has 1 aliphatic rings. The summed E-state index contributed by atoms with van der Waals surface area (Å²) in [4.78, 5) is 11.3. The van der Waals surface area contributed by atoms with E-state index in [9.17, 15) is 4.79 Å². The Kier molecular flexibility index (Phi) is 3.25. The normalized spacial score (nSPS) is 16.8. The molecular formula is C13H17NO2. The van der Waals surface area contributed by atoms with Gasteiger partial charge in [0.2, 0.25) is 5.91 Å². The first kappa shape index (κ1) is 11.1. The second kappa shape index (κ2) is 4.66. The summed E-state index contributed by atoms with van der Waals surface area (Å²) in [6.07, 6.45) is 2.31. The molecule has 0 saturated heterocycles. The lowest BCUT2D eigenvalue weighted by Gasteiger charge is -2.16. The summed E-state index contributed by atoms with van der Waals surface area (Å²) in [5.74, 6) is -0.0373. The van der Waals surface area contributed by atoms with Gasteiger partial charge in [0, 0.05) is 19.1 Å². The van der Waals surface area contributed by atoms with Crippen LogP contribution in [0.3, 0.4) is 0 Å². The van der Waals surface area contributed by atoms with Crippen molar-refractivity contribution in [1.82, 2.24) is 5.32 Å². The predicted octanol–water partition coefficient (Wildman–Crippen LogP) is 1.48. The molecule has 0 aliphatic heterocycles. The molecule has 0 atom stereocenters. The van der Waals surface area contributed by atoms with Gasteiger partial charge in [-0.1, -0.05) is 30.3 Å². The Labute approximate surface area is 95.8 Å². The molecular weight excluding hydrogens is 202 g/mol. The van der Waals surface area contributed by atoms with Gasteiger partial charge in [-0.25, -0.2) is 0 Å². The Balaban J connectivity index is 1.92. The lowest BCUT2D eigenvalue weighted by atomic mass is 9.96. The molecule has 1 fully saturated rings. The van der Waals surface area contributed by atoms with Crippen molar-refractivity contribution in [2.45, 2.75) is 18.3 Å². The fourth-order valence-corrected chi connectivity index (χ4v) is 1.96. The maximum absolute atomic E-state index is 11.3. The zero-order chi connectivity index (χ0) is 11.4. The summed E-state index contributed by atoms with van der Waals surface area (Å²) in [6.45, 7) is 0.865. The number of benzene rings is 1. The summed E-state index contributed by atoms with van der Waals surface area (Å²) >= 11 is 0. The minimum atomic E-state index is -0.0373. The van der Waals surface area contributed by atoms with Crippen LogP contribution in [0.5, 0.6) is 0 Å². The molecule has 1 aliphatic carbocycles. The van der Waals surface area contributed by atoms with E-state index in [0.717, 1.165) is 19.4 Å². The van der Waals surface area contributed by atoms with Crippen LogP contribution in [0.15, 0.2) is 30.3 Å². The van der Waals surface area contributed by atoms with Crippen molar-refractivity contribution in [2.24, 2.45) is 0 Å². The van der Waals surface area contributed by atoms with Crippen LogP contribution in [-0.4, -0.2) is 26.2 Å². The molecule has 1 amide bonds. The first-order valence-corrected chi connectivity index (χ1v) is 5.58. The van der Waals surface area contributed by atoms with Crippen LogP contribution in [0.1, 0.15) is 18.4 Å². The average molecular weight is 219 g/mol. The molecule has 2 rings (SSSR count). The third-order valence-corrected chi connectivity index (χ3v) is 3.14. The molecule has 1 saturated carbocycles. The number of methoxy groups -OCH3 is 1. The molecule has 0 radical (unpaired) electrons. The minimum Gasteiger partial charge on any atom is -0.375 e. The van der Waals surface area contributed by atoms with E-state index in [1.54, 1.807) is 0 Å². The quantitative estimate of drug-likeness (QED) is 0.814. The molecule has 3 heteroatoms. The molecule has 0 unspecified atom stereocenters. The van der Waals surface area contributed by atoms with Crippen LogP contribution in [0.2, 0.25) is 0 Å². The average Bonchev–Trinajstić information content (AvgIpc) is 3.09. The van der Waals surface area contributed by atoms with Crippen LogP contribution in [0, 0.1) is 0 Å². The fraction of sp³-hybridized carbons (Fsp3) is 0.462. The van der Waals surface area contributed by atoms with E-state index in [0.29, 0.717) is 0 Å². The summed E-state index contributed by atoms with van der Waals surface area (Å²) in [5.41, 5.74) is 1.51. The second-order valence-electron chi connectivity index (χ2n) is 4.36. The maximum atomic E-state index is 11.3. The van der Waals surface area contributed by atoms with Gasteiger partial charge in [-0.3, -0.25) is 4.79 Å². The number of carbonyl (C=O) groups excluding carboxylic acids is 1. The van der Waals surface area contributed by atoms with Crippen LogP contribution in [0.25, 0.3) is 0 Å². The van der Waals surface area contributed by atoms with Crippen molar-refractivity contribution in [3.63, 3.8) is 0 Å². The first-order valence-electron chi connectivity index (χ1n) is 5.58. The van der Waals surface area contributed by atoms with Crippen molar-refractivity contribution in [1.29, 1.82) is 0 Å². The Morgan fingerprint density at radius 1 is 1.38 bits per heavy atom. The standard InChI is InChI=1S/C13H17NO2/c1-16-9-12(15)14-10-13(7-8-13)11-5-3-2-4-6-11/h2-6H,7-10H2,1H3,(H,14,15). The predicted molar refractivity (Wildman–Crippen MR) is 62.2 cm³/mol. The number of hydrogen-bond donors (Lipinski definition) is 1. The summed E-state index contributed by atoms with van der Waals surface area (Å²) in [6, 6.07) is 10.4. The zero-order valence-electron chi connectivity index (χ0n) is 9.53. The molecule has 1 aromatic carbocycles. The summed E-state index contributed by atoms with van der Waals surface area (Å²) in [5, 5.41) is 2.92. The monoisotopic (exact) mass is 219 g/mol. The highest BCUT2D eigenvalue weighted by molar-refractivity contribution is 5.77. The van der Waals surface area contributed by atoms with Gasteiger partial charge in [0.15, 0.2) is 0 Å². The molecule has 1 aromatic rings. The van der Waals surface area contributed by atoms with Gasteiger partial charge in [0.05, 0.1) is 0 Å². The third-order valence-electron chi connectivity index (χ3n) is 3.14. The van der Waals surface area contributed by atoms with E-state index in [4.69, 9.17) is 4.74 Å². The molecule has 3 nitrogen and oxygen atoms in total. The van der Waals surface area contributed by atoms with Crippen molar-refractivity contribution >= 4 is 5.91 Å². The number of ether oxygens (including phenoxy) is 1. The molecule has 0 heterocycles. The van der Waals surface area contributed by atoms with Gasteiger partial charge in [0.25, 0.3) is 0 Å². The second-order valence-corrected chi connectivity index (χ2v) is 4.36. The van der Waals surface area contributed by atoms with Crippen molar-refractivity contribution in [2.75, 3.05) is 20.3 Å². The molecule has 86 valence electrons. The lowest BCUT2D eigenvalue weighted by Crippen LogP contribution is -2.34. The van der Waals surface area contributed by atoms with E-state index < -0.39 is 0 Å². The summed E-state index contributed by atoms with van der Waals surface area (Å²) in [7, 11) is 1.53. The Bertz CT molecular complexity index is 357. The molecule has 0 aromatic heterocycles. The third kappa shape index (κ3) is 2.42. The molecule has 0 spiro atoms. The SMILES string of the molecule is COCC(=O)NCC1(c2ccccc2)CC1. The van der Waals surface area contributed by atoms with Gasteiger partial charge < -0.3 is 10.1 Å². The first-order chi connectivity index (χ1) is 7.77. The van der Waals surface area contributed by atoms with Crippen LogP contribution in [0.4, 0.5) is 0 Å². The Hall–Kier alpha value is -1.35. The Morgan fingerprint density at radius 3 is 2.62 bits per heavy atom. The van der Waals surface area contributed by atoms with Gasteiger partial charge in [0.1, 0.15) is 6.61 Å². The fourth-order valence-electron chi connectivity index (χ4n) is 1.96. The highest BCUT2D eigenvalue weighted by atomic mass is 16.5. The van der Waals surface area contributed by atoms with E-state index in [1.807, 2.05) is 18.2 Å². The van der Waals surface area contributed by atoms with Gasteiger partial charge in [-0.2, -0.15) is 0 Å². The molecule has 0 bridgehead atoms. The lowest BCUT2D eigenvalue weighted by molar-refractivity contribution is -0.124. The Morgan fingerprint density at radius 2 is 2.06 bits per heavy atom. The highest BCUT2D eigenvalue weighted by Gasteiger charge is 2.44. The van der Waals surface area contributed by atoms with E-state index in [2.05, 4.69) is 17.4 Å². The molecule has 1 N–H and O–H groups in total. The van der Waals surface area contributed by atoms with E-state index >= 15 is 0 Å². The zero-order valence-corrected chi connectivity index (χ0v) is 9.53. The number of hydrogen-bond acceptors (Lipinski definition) is 2. The largest absolute Gasteiger partial charge is 0.375 e. The van der Waals surface area contributed by atoms with Crippen molar-refractivity contribution < 1.29 is 9.53 Å². The number of nitrogens with one attached hydrogen (secondary N) is 1. The topological polar surface area (TPSA) is 38.3 Å². The summed E-state index contributed by atoms with van der Waals surface area (Å²) < 4.78 is 4.78. The van der Waals surface area contributed by atoms with Gasteiger partial charge in [-0.05, 0) is 18.4 Å². The molecule has 16 heavy (non-hydrogen) atoms. The maximum Gasteiger partial charge on any atom is 0.246 e. The van der Waals surface area contributed by atoms with Crippen molar-refractivity contribution in [3.8, 4) is 0 Å². The number of rotatable bonds is 5. The number of amides is 1. The van der Waals surface area contributed by atoms with E-state index in [1.165, 1.54) is 12.7 Å². The minimum absolute atomic E-state index is 0.0373.